The molecule has 1 saturated heterocycles. The molecule has 6 rings (SSSR count). The number of hydrogen-bond acceptors (Lipinski definition) is 3. The van der Waals surface area contributed by atoms with Crippen molar-refractivity contribution in [2.45, 2.75) is 52.9 Å². The van der Waals surface area contributed by atoms with Crippen molar-refractivity contribution in [2.24, 2.45) is 16.2 Å². The third-order valence-corrected chi connectivity index (χ3v) is 8.53. The van der Waals surface area contributed by atoms with Crippen molar-refractivity contribution >= 4 is 11.7 Å². The van der Waals surface area contributed by atoms with Crippen molar-refractivity contribution in [1.29, 1.82) is 0 Å². The molecule has 1 aliphatic heterocycles. The van der Waals surface area contributed by atoms with Gasteiger partial charge in [0.1, 0.15) is 0 Å². The van der Waals surface area contributed by atoms with Crippen LogP contribution in [-0.4, -0.2) is 48.7 Å². The molecule has 4 aliphatic carbocycles. The molecule has 0 radical (unpaired) electrons. The van der Waals surface area contributed by atoms with Crippen LogP contribution in [0.4, 0.5) is 5.69 Å². The number of hydrogen-bond donors (Lipinski definition) is 1. The molecule has 0 atom stereocenters. The molecule has 31 heavy (non-hydrogen) atoms. The molecular weight excluding hydrogens is 384 g/mol. The number of piperazine rings is 1. The molecule has 3 saturated carbocycles. The van der Waals surface area contributed by atoms with Crippen LogP contribution in [0.2, 0.25) is 0 Å². The number of rotatable bonds is 6. The first kappa shape index (κ1) is 20.8. The number of carboxylic acids is 1. The fourth-order valence-corrected chi connectivity index (χ4v) is 6.64. The first-order valence-corrected chi connectivity index (χ1v) is 12.0. The van der Waals surface area contributed by atoms with E-state index >= 15 is 0 Å². The summed E-state index contributed by atoms with van der Waals surface area (Å²) in [6, 6.07) is 7.31. The van der Waals surface area contributed by atoms with Gasteiger partial charge in [-0.15, -0.1) is 0 Å². The highest BCUT2D eigenvalue weighted by molar-refractivity contribution is 5.88. The normalized spacial score (nSPS) is 31.9. The maximum atomic E-state index is 11.1. The first-order valence-electron chi connectivity index (χ1n) is 12.0. The number of nitrogens with zero attached hydrogens (tertiary/aromatic N) is 2. The van der Waals surface area contributed by atoms with Crippen LogP contribution in [0.5, 0.6) is 0 Å². The molecule has 0 aromatic heterocycles. The highest BCUT2D eigenvalue weighted by atomic mass is 16.4. The van der Waals surface area contributed by atoms with E-state index in [1.165, 1.54) is 32.1 Å². The van der Waals surface area contributed by atoms with Crippen LogP contribution in [0.3, 0.4) is 0 Å². The number of allylic oxidation sites excluding steroid dienone is 2. The molecule has 1 aromatic rings. The van der Waals surface area contributed by atoms with E-state index in [2.05, 4.69) is 42.7 Å². The lowest BCUT2D eigenvalue weighted by Crippen LogP contribution is -2.62. The van der Waals surface area contributed by atoms with Crippen molar-refractivity contribution in [3.8, 4) is 0 Å². The van der Waals surface area contributed by atoms with E-state index in [9.17, 15) is 4.79 Å². The quantitative estimate of drug-likeness (QED) is 0.672. The molecule has 166 valence electrons. The van der Waals surface area contributed by atoms with Gasteiger partial charge in [0, 0.05) is 38.4 Å². The average molecular weight is 421 g/mol. The monoisotopic (exact) mass is 420 g/mol. The van der Waals surface area contributed by atoms with Crippen LogP contribution >= 0.6 is 0 Å². The predicted octanol–water partition coefficient (Wildman–Crippen LogP) is 5.37. The van der Waals surface area contributed by atoms with Gasteiger partial charge in [0.25, 0.3) is 0 Å². The molecule has 0 spiro atoms. The topological polar surface area (TPSA) is 43.8 Å². The van der Waals surface area contributed by atoms with Crippen molar-refractivity contribution in [1.82, 2.24) is 4.90 Å². The van der Waals surface area contributed by atoms with Gasteiger partial charge in [0.2, 0.25) is 0 Å². The Morgan fingerprint density at radius 2 is 1.68 bits per heavy atom. The van der Waals surface area contributed by atoms with E-state index in [0.29, 0.717) is 16.4 Å². The zero-order valence-corrected chi connectivity index (χ0v) is 19.3. The van der Waals surface area contributed by atoms with E-state index in [4.69, 9.17) is 5.11 Å². The summed E-state index contributed by atoms with van der Waals surface area (Å²) in [5.41, 5.74) is 6.36. The molecule has 1 N–H and O–H groups in total. The van der Waals surface area contributed by atoms with Crippen LogP contribution in [0.1, 0.15) is 63.2 Å². The Kier molecular flexibility index (Phi) is 4.85. The standard InChI is InChI=1S/C27H36N2O2/c1-4-26-17-27(18-26,19-26)23-15-25(2,3)10-9-21(23)16-28-11-13-29(14-12-28)22-7-5-20(6-8-22)24(30)31/h5-10H,4,11-19H2,1-3H3,(H,30,31). The molecule has 1 aromatic carbocycles. The van der Waals surface area contributed by atoms with Crippen molar-refractivity contribution in [2.75, 3.05) is 37.6 Å². The van der Waals surface area contributed by atoms with Gasteiger partial charge in [0.15, 0.2) is 0 Å². The second kappa shape index (κ2) is 7.23. The van der Waals surface area contributed by atoms with Gasteiger partial charge < -0.3 is 10.0 Å². The smallest absolute Gasteiger partial charge is 0.335 e. The molecule has 5 aliphatic rings. The zero-order chi connectivity index (χ0) is 21.9. The van der Waals surface area contributed by atoms with E-state index < -0.39 is 5.97 Å². The Balaban J connectivity index is 1.25. The van der Waals surface area contributed by atoms with Crippen molar-refractivity contribution < 1.29 is 9.90 Å². The van der Waals surface area contributed by atoms with Gasteiger partial charge >= 0.3 is 5.97 Å². The summed E-state index contributed by atoms with van der Waals surface area (Å²) in [6.07, 6.45) is 11.8. The molecule has 1 heterocycles. The first-order chi connectivity index (χ1) is 14.7. The van der Waals surface area contributed by atoms with Gasteiger partial charge in [-0.2, -0.15) is 0 Å². The van der Waals surface area contributed by atoms with Gasteiger partial charge in [-0.05, 0) is 71.8 Å². The Morgan fingerprint density at radius 1 is 1.03 bits per heavy atom. The van der Waals surface area contributed by atoms with Gasteiger partial charge in [-0.3, -0.25) is 4.90 Å². The molecule has 2 bridgehead atoms. The number of anilines is 1. The Bertz CT molecular complexity index is 913. The molecule has 0 amide bonds. The number of carboxylic acid groups (broad SMARTS) is 1. The Hall–Kier alpha value is -2.07. The van der Waals surface area contributed by atoms with E-state index in [1.54, 1.807) is 23.3 Å². The van der Waals surface area contributed by atoms with E-state index in [0.717, 1.165) is 38.4 Å². The molecule has 4 fully saturated rings. The fourth-order valence-electron chi connectivity index (χ4n) is 6.64. The molecule has 4 nitrogen and oxygen atoms in total. The summed E-state index contributed by atoms with van der Waals surface area (Å²) in [5.74, 6) is -0.863. The van der Waals surface area contributed by atoms with Crippen molar-refractivity contribution in [3.63, 3.8) is 0 Å². The van der Waals surface area contributed by atoms with E-state index in [1.807, 2.05) is 12.1 Å². The third-order valence-electron chi connectivity index (χ3n) is 8.53. The minimum Gasteiger partial charge on any atom is -0.478 e. The Labute approximate surface area is 186 Å². The minimum absolute atomic E-state index is 0.286. The molecule has 0 unspecified atom stereocenters. The SMILES string of the molecule is CCC12CC(C3=C(CN4CCN(c5ccc(C(=O)O)cc5)CC4)C=CC(C)(C)C3)(C1)C2. The highest BCUT2D eigenvalue weighted by Crippen LogP contribution is 2.78. The van der Waals surface area contributed by atoms with Gasteiger partial charge in [-0.25, -0.2) is 4.79 Å². The summed E-state index contributed by atoms with van der Waals surface area (Å²) < 4.78 is 0. The van der Waals surface area contributed by atoms with Crippen LogP contribution < -0.4 is 4.90 Å². The van der Waals surface area contributed by atoms with Crippen molar-refractivity contribution in [3.05, 3.63) is 53.1 Å². The lowest BCUT2D eigenvalue weighted by atomic mass is 9.31. The fraction of sp³-hybridized carbons (Fsp3) is 0.593. The summed E-state index contributed by atoms with van der Waals surface area (Å²) in [6.45, 7) is 12.3. The van der Waals surface area contributed by atoms with Crippen LogP contribution in [0, 0.1) is 16.2 Å². The summed E-state index contributed by atoms with van der Waals surface area (Å²) in [4.78, 5) is 16.1. The van der Waals surface area contributed by atoms with Gasteiger partial charge in [-0.1, -0.05) is 44.9 Å². The Morgan fingerprint density at radius 3 is 2.26 bits per heavy atom. The second-order valence-electron chi connectivity index (χ2n) is 11.3. The van der Waals surface area contributed by atoms with Crippen LogP contribution in [-0.2, 0) is 0 Å². The number of carbonyl (C=O) groups is 1. The van der Waals surface area contributed by atoms with Gasteiger partial charge in [0.05, 0.1) is 5.56 Å². The average Bonchev–Trinajstić information content (AvgIpc) is 2.69. The second-order valence-corrected chi connectivity index (χ2v) is 11.3. The van der Waals surface area contributed by atoms with Crippen LogP contribution in [0.25, 0.3) is 0 Å². The maximum Gasteiger partial charge on any atom is 0.335 e. The lowest BCUT2D eigenvalue weighted by Gasteiger charge is -2.73. The molecular formula is C27H36N2O2. The zero-order valence-electron chi connectivity index (χ0n) is 19.3. The number of aromatic carboxylic acids is 1. The summed E-state index contributed by atoms with van der Waals surface area (Å²) in [7, 11) is 0. The predicted molar refractivity (Wildman–Crippen MR) is 126 cm³/mol. The maximum absolute atomic E-state index is 11.1. The van der Waals surface area contributed by atoms with Crippen LogP contribution in [0.15, 0.2) is 47.6 Å². The highest BCUT2D eigenvalue weighted by Gasteiger charge is 2.68. The summed E-state index contributed by atoms with van der Waals surface area (Å²) >= 11 is 0. The third kappa shape index (κ3) is 3.63. The van der Waals surface area contributed by atoms with E-state index in [-0.39, 0.29) is 5.41 Å². The number of benzene rings is 1. The minimum atomic E-state index is -0.863. The lowest BCUT2D eigenvalue weighted by molar-refractivity contribution is -0.181. The summed E-state index contributed by atoms with van der Waals surface area (Å²) in [5, 5.41) is 9.11. The largest absolute Gasteiger partial charge is 0.478 e. The molecule has 4 heteroatoms.